The van der Waals surface area contributed by atoms with Crippen LogP contribution in [0.3, 0.4) is 0 Å². The number of hydrogen-bond acceptors (Lipinski definition) is 5. The lowest BCUT2D eigenvalue weighted by Crippen LogP contribution is -2.39. The first-order valence-corrected chi connectivity index (χ1v) is 9.39. The average Bonchev–Trinajstić information content (AvgIpc) is 3.17. The van der Waals surface area contributed by atoms with Gasteiger partial charge in [-0.3, -0.25) is 9.69 Å². The third-order valence-corrected chi connectivity index (χ3v) is 4.78. The number of anilines is 1. The highest BCUT2D eigenvalue weighted by atomic mass is 16.5. The standard InChI is InChI=1S/C20H26N4O3/c1-2-27-20(26)17-3-5-18(6-4-17)22-19(25)14-23-10-7-16(8-11-23)13-24-12-9-21-15-24/h3-6,9,12,15-16H,2,7-8,10-11,13-14H2,1H3,(H,22,25). The van der Waals surface area contributed by atoms with Gasteiger partial charge in [0.05, 0.1) is 25.0 Å². The maximum absolute atomic E-state index is 12.3. The normalized spacial score (nSPS) is 15.4. The van der Waals surface area contributed by atoms with Gasteiger partial charge in [0.1, 0.15) is 0 Å². The van der Waals surface area contributed by atoms with Crippen LogP contribution in [-0.2, 0) is 16.1 Å². The third-order valence-electron chi connectivity index (χ3n) is 4.78. The Morgan fingerprint density at radius 1 is 1.22 bits per heavy atom. The number of nitrogens with zero attached hydrogens (tertiary/aromatic N) is 3. The Labute approximate surface area is 159 Å². The summed E-state index contributed by atoms with van der Waals surface area (Å²) in [6.45, 7) is 5.34. The van der Waals surface area contributed by atoms with Crippen molar-refractivity contribution in [1.82, 2.24) is 14.5 Å². The highest BCUT2D eigenvalue weighted by Crippen LogP contribution is 2.19. The van der Waals surface area contributed by atoms with Crippen LogP contribution in [0.25, 0.3) is 0 Å². The van der Waals surface area contributed by atoms with Crippen LogP contribution in [0.4, 0.5) is 5.69 Å². The molecule has 1 amide bonds. The van der Waals surface area contributed by atoms with E-state index in [1.165, 1.54) is 0 Å². The molecule has 144 valence electrons. The zero-order chi connectivity index (χ0) is 19.1. The predicted octanol–water partition coefficient (Wildman–Crippen LogP) is 2.41. The number of hydrogen-bond donors (Lipinski definition) is 1. The number of piperidine rings is 1. The van der Waals surface area contributed by atoms with E-state index in [-0.39, 0.29) is 11.9 Å². The monoisotopic (exact) mass is 370 g/mol. The fourth-order valence-electron chi connectivity index (χ4n) is 3.33. The van der Waals surface area contributed by atoms with Gasteiger partial charge in [0.2, 0.25) is 5.91 Å². The van der Waals surface area contributed by atoms with E-state index in [1.807, 2.05) is 12.5 Å². The smallest absolute Gasteiger partial charge is 0.338 e. The van der Waals surface area contributed by atoms with E-state index in [0.29, 0.717) is 30.3 Å². The van der Waals surface area contributed by atoms with Crippen molar-refractivity contribution in [3.63, 3.8) is 0 Å². The van der Waals surface area contributed by atoms with Gasteiger partial charge in [0.15, 0.2) is 0 Å². The molecule has 1 N–H and O–H groups in total. The number of imidazole rings is 1. The fraction of sp³-hybridized carbons (Fsp3) is 0.450. The van der Waals surface area contributed by atoms with Gasteiger partial charge in [-0.1, -0.05) is 0 Å². The summed E-state index contributed by atoms with van der Waals surface area (Å²) in [5.74, 6) is 0.245. The van der Waals surface area contributed by atoms with Gasteiger partial charge in [0.25, 0.3) is 0 Å². The second-order valence-corrected chi connectivity index (χ2v) is 6.82. The number of benzene rings is 1. The van der Waals surface area contributed by atoms with Gasteiger partial charge in [-0.05, 0) is 63.0 Å². The molecule has 1 fully saturated rings. The van der Waals surface area contributed by atoms with Crippen molar-refractivity contribution in [2.45, 2.75) is 26.3 Å². The van der Waals surface area contributed by atoms with Gasteiger partial charge >= 0.3 is 5.97 Å². The molecular formula is C20H26N4O3. The number of nitrogens with one attached hydrogen (secondary N) is 1. The highest BCUT2D eigenvalue weighted by molar-refractivity contribution is 5.94. The molecule has 7 nitrogen and oxygen atoms in total. The molecule has 1 aliphatic heterocycles. The summed E-state index contributed by atoms with van der Waals surface area (Å²) in [5.41, 5.74) is 1.16. The van der Waals surface area contributed by atoms with E-state index >= 15 is 0 Å². The Morgan fingerprint density at radius 2 is 1.96 bits per heavy atom. The molecule has 0 saturated carbocycles. The summed E-state index contributed by atoms with van der Waals surface area (Å²) in [6, 6.07) is 6.77. The molecule has 1 saturated heterocycles. The van der Waals surface area contributed by atoms with Crippen molar-refractivity contribution < 1.29 is 14.3 Å². The van der Waals surface area contributed by atoms with Gasteiger partial charge < -0.3 is 14.6 Å². The summed E-state index contributed by atoms with van der Waals surface area (Å²) >= 11 is 0. The van der Waals surface area contributed by atoms with Crippen LogP contribution in [0.15, 0.2) is 43.0 Å². The number of ether oxygens (including phenoxy) is 1. The molecule has 0 bridgehead atoms. The number of carbonyl (C=O) groups excluding carboxylic acids is 2. The SMILES string of the molecule is CCOC(=O)c1ccc(NC(=O)CN2CCC(Cn3ccnc3)CC2)cc1. The molecule has 0 radical (unpaired) electrons. The lowest BCUT2D eigenvalue weighted by Gasteiger charge is -2.31. The van der Waals surface area contributed by atoms with Crippen molar-refractivity contribution >= 4 is 17.6 Å². The van der Waals surface area contributed by atoms with Crippen LogP contribution >= 0.6 is 0 Å². The zero-order valence-corrected chi connectivity index (χ0v) is 15.6. The van der Waals surface area contributed by atoms with Crippen molar-refractivity contribution in [2.24, 2.45) is 5.92 Å². The quantitative estimate of drug-likeness (QED) is 0.758. The van der Waals surface area contributed by atoms with E-state index in [9.17, 15) is 9.59 Å². The van der Waals surface area contributed by atoms with Gasteiger partial charge in [0, 0.05) is 24.6 Å². The summed E-state index contributed by atoms with van der Waals surface area (Å²) in [4.78, 5) is 30.2. The van der Waals surface area contributed by atoms with E-state index in [1.54, 1.807) is 37.4 Å². The fourth-order valence-corrected chi connectivity index (χ4v) is 3.33. The third kappa shape index (κ3) is 5.65. The summed E-state index contributed by atoms with van der Waals surface area (Å²) in [6.07, 6.45) is 7.82. The van der Waals surface area contributed by atoms with Crippen molar-refractivity contribution in [3.05, 3.63) is 48.5 Å². The number of esters is 1. The van der Waals surface area contributed by atoms with Crippen molar-refractivity contribution in [3.8, 4) is 0 Å². The Balaban J connectivity index is 1.41. The molecule has 1 aliphatic rings. The second kappa shape index (κ2) is 9.32. The number of rotatable bonds is 7. The molecule has 3 rings (SSSR count). The Hall–Kier alpha value is -2.67. The minimum Gasteiger partial charge on any atom is -0.462 e. The molecule has 1 aromatic carbocycles. The molecule has 0 spiro atoms. The Bertz CT molecular complexity index is 735. The molecular weight excluding hydrogens is 344 g/mol. The minimum absolute atomic E-state index is 0.0352. The number of amides is 1. The molecule has 0 unspecified atom stereocenters. The molecule has 2 aromatic rings. The molecule has 0 aliphatic carbocycles. The largest absolute Gasteiger partial charge is 0.462 e. The van der Waals surface area contributed by atoms with Crippen LogP contribution in [0.1, 0.15) is 30.1 Å². The van der Waals surface area contributed by atoms with Crippen LogP contribution < -0.4 is 5.32 Å². The Kier molecular flexibility index (Phi) is 6.59. The first-order chi connectivity index (χ1) is 13.1. The number of carbonyl (C=O) groups is 2. The van der Waals surface area contributed by atoms with E-state index < -0.39 is 0 Å². The first-order valence-electron chi connectivity index (χ1n) is 9.39. The zero-order valence-electron chi connectivity index (χ0n) is 15.6. The average molecular weight is 370 g/mol. The lowest BCUT2D eigenvalue weighted by molar-refractivity contribution is -0.117. The van der Waals surface area contributed by atoms with Gasteiger partial charge in [-0.25, -0.2) is 9.78 Å². The van der Waals surface area contributed by atoms with Crippen LogP contribution in [0.5, 0.6) is 0 Å². The van der Waals surface area contributed by atoms with Crippen LogP contribution in [0, 0.1) is 5.92 Å². The summed E-state index contributed by atoms with van der Waals surface area (Å²) < 4.78 is 7.07. The summed E-state index contributed by atoms with van der Waals surface area (Å²) in [5, 5.41) is 2.89. The maximum atomic E-state index is 12.3. The predicted molar refractivity (Wildman–Crippen MR) is 102 cm³/mol. The van der Waals surface area contributed by atoms with Crippen molar-refractivity contribution in [2.75, 3.05) is 31.6 Å². The van der Waals surface area contributed by atoms with Gasteiger partial charge in [-0.15, -0.1) is 0 Å². The molecule has 2 heterocycles. The molecule has 0 atom stereocenters. The highest BCUT2D eigenvalue weighted by Gasteiger charge is 2.21. The molecule has 27 heavy (non-hydrogen) atoms. The topological polar surface area (TPSA) is 76.5 Å². The van der Waals surface area contributed by atoms with E-state index in [4.69, 9.17) is 4.74 Å². The number of aromatic nitrogens is 2. The minimum atomic E-state index is -0.353. The summed E-state index contributed by atoms with van der Waals surface area (Å²) in [7, 11) is 0. The van der Waals surface area contributed by atoms with E-state index in [2.05, 4.69) is 19.8 Å². The molecule has 1 aromatic heterocycles. The lowest BCUT2D eigenvalue weighted by atomic mass is 9.97. The molecule has 7 heteroatoms. The van der Waals surface area contributed by atoms with Gasteiger partial charge in [-0.2, -0.15) is 0 Å². The number of likely N-dealkylation sites (tertiary alicyclic amines) is 1. The van der Waals surface area contributed by atoms with E-state index in [0.717, 1.165) is 32.5 Å². The second-order valence-electron chi connectivity index (χ2n) is 6.82. The first kappa shape index (κ1) is 19.1. The maximum Gasteiger partial charge on any atom is 0.338 e. The van der Waals surface area contributed by atoms with Crippen molar-refractivity contribution in [1.29, 1.82) is 0 Å². The van der Waals surface area contributed by atoms with Crippen LogP contribution in [-0.4, -0.2) is 52.6 Å². The Morgan fingerprint density at radius 3 is 2.59 bits per heavy atom. The van der Waals surface area contributed by atoms with Crippen LogP contribution in [0.2, 0.25) is 0 Å².